The first-order valence-electron chi connectivity index (χ1n) is 4.21. The average Bonchev–Trinajstić information content (AvgIpc) is 2.61. The minimum atomic E-state index is 0.740. The molecule has 0 fully saturated rings. The lowest BCUT2D eigenvalue weighted by molar-refractivity contribution is 0.201. The van der Waals surface area contributed by atoms with Crippen LogP contribution in [-0.2, 0) is 11.2 Å². The monoisotopic (exact) mass is 193 g/mol. The number of nitrogens with zero attached hydrogens (tertiary/aromatic N) is 1. The molecule has 0 amide bonds. The third kappa shape index (κ3) is 1.87. The van der Waals surface area contributed by atoms with Gasteiger partial charge in [-0.1, -0.05) is 0 Å². The van der Waals surface area contributed by atoms with Crippen molar-refractivity contribution in [2.45, 2.75) is 6.42 Å². The lowest BCUT2D eigenvalue weighted by Crippen LogP contribution is -1.96. The number of hydrogen-bond acceptors (Lipinski definition) is 3. The molecule has 2 aromatic heterocycles. The molecule has 0 N–H and O–H groups in total. The zero-order valence-corrected chi connectivity index (χ0v) is 8.30. The van der Waals surface area contributed by atoms with E-state index in [1.165, 1.54) is 10.1 Å². The number of thiophene rings is 1. The highest BCUT2D eigenvalue weighted by Gasteiger charge is 1.98. The standard InChI is InChI=1S/C10H11NOS/c1-12-4-2-9-6-10-8(7-11-9)3-5-13-10/h3,5-7H,2,4H2,1H3. The zero-order valence-electron chi connectivity index (χ0n) is 7.49. The summed E-state index contributed by atoms with van der Waals surface area (Å²) in [4.78, 5) is 4.34. The summed E-state index contributed by atoms with van der Waals surface area (Å²) >= 11 is 1.75. The molecule has 0 aromatic carbocycles. The van der Waals surface area contributed by atoms with Gasteiger partial charge in [0.25, 0.3) is 0 Å². The first-order chi connectivity index (χ1) is 6.40. The van der Waals surface area contributed by atoms with E-state index in [-0.39, 0.29) is 0 Å². The van der Waals surface area contributed by atoms with Gasteiger partial charge in [0.05, 0.1) is 6.61 Å². The molecule has 0 aliphatic heterocycles. The molecule has 0 radical (unpaired) electrons. The van der Waals surface area contributed by atoms with Crippen LogP contribution in [0.3, 0.4) is 0 Å². The minimum absolute atomic E-state index is 0.740. The Morgan fingerprint density at radius 2 is 2.46 bits per heavy atom. The summed E-state index contributed by atoms with van der Waals surface area (Å²) in [6.07, 6.45) is 2.82. The second-order valence-electron chi connectivity index (χ2n) is 2.88. The van der Waals surface area contributed by atoms with Crippen molar-refractivity contribution >= 4 is 21.4 Å². The van der Waals surface area contributed by atoms with Crippen LogP contribution in [0.4, 0.5) is 0 Å². The molecule has 0 bridgehead atoms. The normalized spacial score (nSPS) is 10.8. The number of aromatic nitrogens is 1. The van der Waals surface area contributed by atoms with E-state index in [2.05, 4.69) is 22.5 Å². The second-order valence-corrected chi connectivity index (χ2v) is 3.82. The van der Waals surface area contributed by atoms with E-state index < -0.39 is 0 Å². The zero-order chi connectivity index (χ0) is 9.10. The Kier molecular flexibility index (Phi) is 2.57. The maximum atomic E-state index is 5.00. The van der Waals surface area contributed by atoms with E-state index >= 15 is 0 Å². The average molecular weight is 193 g/mol. The summed E-state index contributed by atoms with van der Waals surface area (Å²) in [6, 6.07) is 4.23. The van der Waals surface area contributed by atoms with Gasteiger partial charge in [-0.05, 0) is 17.5 Å². The molecular formula is C10H11NOS. The fourth-order valence-electron chi connectivity index (χ4n) is 1.24. The molecule has 0 unspecified atom stereocenters. The summed E-state index contributed by atoms with van der Waals surface area (Å²) in [5.41, 5.74) is 1.11. The van der Waals surface area contributed by atoms with Crippen molar-refractivity contribution in [1.82, 2.24) is 4.98 Å². The van der Waals surface area contributed by atoms with Gasteiger partial charge in [0, 0.05) is 35.5 Å². The second kappa shape index (κ2) is 3.85. The molecule has 2 nitrogen and oxygen atoms in total. The lowest BCUT2D eigenvalue weighted by atomic mass is 10.2. The Balaban J connectivity index is 2.26. The Hall–Kier alpha value is -0.930. The Labute approximate surface area is 81.2 Å². The highest BCUT2D eigenvalue weighted by atomic mass is 32.1. The number of pyridine rings is 1. The molecule has 2 heterocycles. The molecule has 13 heavy (non-hydrogen) atoms. The molecule has 3 heteroatoms. The van der Waals surface area contributed by atoms with Crippen LogP contribution in [0.25, 0.3) is 10.1 Å². The smallest absolute Gasteiger partial charge is 0.0517 e. The molecule has 2 rings (SSSR count). The van der Waals surface area contributed by atoms with Crippen LogP contribution in [-0.4, -0.2) is 18.7 Å². The third-order valence-electron chi connectivity index (χ3n) is 1.96. The topological polar surface area (TPSA) is 22.1 Å². The van der Waals surface area contributed by atoms with E-state index in [1.54, 1.807) is 18.4 Å². The first kappa shape index (κ1) is 8.66. The molecule has 0 aliphatic rings. The van der Waals surface area contributed by atoms with Gasteiger partial charge in [-0.15, -0.1) is 11.3 Å². The van der Waals surface area contributed by atoms with Gasteiger partial charge in [-0.3, -0.25) is 4.98 Å². The number of fused-ring (bicyclic) bond motifs is 1. The van der Waals surface area contributed by atoms with Crippen molar-refractivity contribution in [2.75, 3.05) is 13.7 Å². The third-order valence-corrected chi connectivity index (χ3v) is 2.84. The van der Waals surface area contributed by atoms with Gasteiger partial charge in [0.1, 0.15) is 0 Å². The molecule has 0 atom stereocenters. The van der Waals surface area contributed by atoms with Gasteiger partial charge in [0.15, 0.2) is 0 Å². The predicted octanol–water partition coefficient (Wildman–Crippen LogP) is 2.49. The van der Waals surface area contributed by atoms with Gasteiger partial charge in [-0.25, -0.2) is 0 Å². The summed E-state index contributed by atoms with van der Waals surface area (Å²) in [6.45, 7) is 0.740. The van der Waals surface area contributed by atoms with Crippen LogP contribution < -0.4 is 0 Å². The highest BCUT2D eigenvalue weighted by molar-refractivity contribution is 7.17. The van der Waals surface area contributed by atoms with Crippen molar-refractivity contribution in [1.29, 1.82) is 0 Å². The minimum Gasteiger partial charge on any atom is -0.384 e. The Morgan fingerprint density at radius 3 is 3.31 bits per heavy atom. The summed E-state index contributed by atoms with van der Waals surface area (Å²) in [5.74, 6) is 0. The molecule has 0 spiro atoms. The molecule has 0 saturated heterocycles. The van der Waals surface area contributed by atoms with E-state index in [0.717, 1.165) is 18.7 Å². The molecule has 0 saturated carbocycles. The van der Waals surface area contributed by atoms with Crippen LogP contribution in [0.2, 0.25) is 0 Å². The van der Waals surface area contributed by atoms with E-state index in [9.17, 15) is 0 Å². The van der Waals surface area contributed by atoms with Crippen LogP contribution in [0.1, 0.15) is 5.69 Å². The van der Waals surface area contributed by atoms with Gasteiger partial charge >= 0.3 is 0 Å². The SMILES string of the molecule is COCCc1cc2sccc2cn1. The van der Waals surface area contributed by atoms with Gasteiger partial charge in [-0.2, -0.15) is 0 Å². The fraction of sp³-hybridized carbons (Fsp3) is 0.300. The number of rotatable bonds is 3. The first-order valence-corrected chi connectivity index (χ1v) is 5.09. The quantitative estimate of drug-likeness (QED) is 0.747. The molecular weight excluding hydrogens is 182 g/mol. The van der Waals surface area contributed by atoms with Crippen molar-refractivity contribution in [3.05, 3.63) is 29.4 Å². The van der Waals surface area contributed by atoms with Gasteiger partial charge in [0.2, 0.25) is 0 Å². The van der Waals surface area contributed by atoms with Crippen molar-refractivity contribution in [2.24, 2.45) is 0 Å². The summed E-state index contributed by atoms with van der Waals surface area (Å²) in [5, 5.41) is 3.32. The van der Waals surface area contributed by atoms with Crippen molar-refractivity contribution < 1.29 is 4.74 Å². The Bertz CT molecular complexity index is 396. The van der Waals surface area contributed by atoms with Gasteiger partial charge < -0.3 is 4.74 Å². The van der Waals surface area contributed by atoms with E-state index in [1.807, 2.05) is 6.20 Å². The number of methoxy groups -OCH3 is 1. The molecule has 2 aromatic rings. The van der Waals surface area contributed by atoms with E-state index in [4.69, 9.17) is 4.74 Å². The largest absolute Gasteiger partial charge is 0.384 e. The molecule has 68 valence electrons. The van der Waals surface area contributed by atoms with Crippen LogP contribution in [0.5, 0.6) is 0 Å². The number of ether oxygens (including phenoxy) is 1. The summed E-state index contributed by atoms with van der Waals surface area (Å²) < 4.78 is 6.31. The van der Waals surface area contributed by atoms with Crippen molar-refractivity contribution in [3.63, 3.8) is 0 Å². The van der Waals surface area contributed by atoms with Crippen LogP contribution in [0.15, 0.2) is 23.7 Å². The highest BCUT2D eigenvalue weighted by Crippen LogP contribution is 2.20. The summed E-state index contributed by atoms with van der Waals surface area (Å²) in [7, 11) is 1.71. The fourth-order valence-corrected chi connectivity index (χ4v) is 2.06. The van der Waals surface area contributed by atoms with Crippen LogP contribution in [0, 0.1) is 0 Å². The van der Waals surface area contributed by atoms with Crippen LogP contribution >= 0.6 is 11.3 Å². The lowest BCUT2D eigenvalue weighted by Gasteiger charge is -1.98. The van der Waals surface area contributed by atoms with E-state index in [0.29, 0.717) is 0 Å². The van der Waals surface area contributed by atoms with Crippen molar-refractivity contribution in [3.8, 4) is 0 Å². The maximum absolute atomic E-state index is 5.00. The number of hydrogen-bond donors (Lipinski definition) is 0. The predicted molar refractivity (Wildman–Crippen MR) is 55.2 cm³/mol. The maximum Gasteiger partial charge on any atom is 0.0517 e. The molecule has 0 aliphatic carbocycles. The Morgan fingerprint density at radius 1 is 1.54 bits per heavy atom.